The van der Waals surface area contributed by atoms with Crippen LogP contribution in [0.3, 0.4) is 0 Å². The summed E-state index contributed by atoms with van der Waals surface area (Å²) in [5, 5.41) is 20.6. The molecule has 1 aliphatic carbocycles. The highest BCUT2D eigenvalue weighted by atomic mass is 16.5. The van der Waals surface area contributed by atoms with E-state index in [1.54, 1.807) is 23.7 Å². The first kappa shape index (κ1) is 24.5. The number of aliphatic carboxylic acids is 1. The first-order valence-electron chi connectivity index (χ1n) is 11.4. The maximum Gasteiger partial charge on any atom is 0.317 e. The molecule has 2 amide bonds. The van der Waals surface area contributed by atoms with Crippen molar-refractivity contribution in [3.63, 3.8) is 0 Å². The largest absolute Gasteiger partial charge is 0.489 e. The number of ether oxygens (including phenoxy) is 1. The number of amides is 2. The van der Waals surface area contributed by atoms with Gasteiger partial charge in [0, 0.05) is 20.6 Å². The van der Waals surface area contributed by atoms with E-state index in [1.807, 2.05) is 19.1 Å². The lowest BCUT2D eigenvalue weighted by molar-refractivity contribution is -0.143. The number of pyridine rings is 1. The summed E-state index contributed by atoms with van der Waals surface area (Å²) in [6.07, 6.45) is 2.76. The van der Waals surface area contributed by atoms with Crippen LogP contribution in [0, 0.1) is 18.8 Å². The molecule has 2 heterocycles. The fourth-order valence-corrected chi connectivity index (χ4v) is 4.16. The van der Waals surface area contributed by atoms with Crippen LogP contribution in [-0.4, -0.2) is 61.7 Å². The quantitative estimate of drug-likeness (QED) is 0.623. The fourth-order valence-electron chi connectivity index (χ4n) is 4.16. The van der Waals surface area contributed by atoms with Crippen molar-refractivity contribution in [2.24, 2.45) is 18.9 Å². The molecule has 0 aliphatic heterocycles. The number of hydrogen-bond donors (Lipinski definition) is 2. The van der Waals surface area contributed by atoms with Crippen molar-refractivity contribution >= 4 is 12.0 Å². The summed E-state index contributed by atoms with van der Waals surface area (Å²) < 4.78 is 7.73. The number of carbonyl (C=O) groups excluding carboxylic acids is 1. The van der Waals surface area contributed by atoms with E-state index >= 15 is 0 Å². The van der Waals surface area contributed by atoms with Gasteiger partial charge in [0.15, 0.2) is 0 Å². The van der Waals surface area contributed by atoms with Gasteiger partial charge in [0.25, 0.3) is 0 Å². The molecule has 10 nitrogen and oxygen atoms in total. The summed E-state index contributed by atoms with van der Waals surface area (Å²) in [7, 11) is 3.55. The van der Waals surface area contributed by atoms with Gasteiger partial charge in [-0.2, -0.15) is 0 Å². The highest BCUT2D eigenvalue weighted by Gasteiger charge is 2.28. The van der Waals surface area contributed by atoms with Crippen LogP contribution >= 0.6 is 0 Å². The summed E-state index contributed by atoms with van der Waals surface area (Å²) in [5.41, 5.74) is 2.68. The lowest BCUT2D eigenvalue weighted by Crippen LogP contribution is -2.39. The summed E-state index contributed by atoms with van der Waals surface area (Å²) in [4.78, 5) is 30.0. The number of hydrogen-bond acceptors (Lipinski definition) is 6. The Labute approximate surface area is 194 Å². The average Bonchev–Trinajstić information content (AvgIpc) is 3.13. The van der Waals surface area contributed by atoms with E-state index in [0.29, 0.717) is 48.1 Å². The van der Waals surface area contributed by atoms with Crippen molar-refractivity contribution in [2.45, 2.75) is 59.1 Å². The molecule has 1 fully saturated rings. The molecule has 180 valence electrons. The van der Waals surface area contributed by atoms with E-state index in [-0.39, 0.29) is 24.6 Å². The lowest BCUT2D eigenvalue weighted by atomic mass is 9.87. The molecule has 2 N–H and O–H groups in total. The minimum atomic E-state index is -0.758. The highest BCUT2D eigenvalue weighted by Crippen LogP contribution is 2.30. The molecule has 33 heavy (non-hydrogen) atoms. The molecule has 0 aromatic carbocycles. The molecule has 1 saturated carbocycles. The normalized spacial score (nSPS) is 18.2. The Morgan fingerprint density at radius 2 is 2.09 bits per heavy atom. The van der Waals surface area contributed by atoms with Gasteiger partial charge in [0.1, 0.15) is 11.4 Å². The summed E-state index contributed by atoms with van der Waals surface area (Å²) in [6, 6.07) is 3.51. The number of carboxylic acids is 1. The minimum absolute atomic E-state index is 0.128. The predicted octanol–water partition coefficient (Wildman–Crippen LogP) is 3.01. The number of aryl methyl sites for hydroxylation is 2. The Morgan fingerprint density at radius 1 is 1.33 bits per heavy atom. The van der Waals surface area contributed by atoms with Crippen LogP contribution in [0.25, 0.3) is 11.4 Å². The summed E-state index contributed by atoms with van der Waals surface area (Å²) in [5.74, 6) is -0.0885. The van der Waals surface area contributed by atoms with Gasteiger partial charge in [0.05, 0.1) is 35.6 Å². The van der Waals surface area contributed by atoms with E-state index < -0.39 is 5.97 Å². The summed E-state index contributed by atoms with van der Waals surface area (Å²) >= 11 is 0. The van der Waals surface area contributed by atoms with E-state index in [4.69, 9.17) is 4.74 Å². The van der Waals surface area contributed by atoms with Gasteiger partial charge in [-0.1, -0.05) is 19.1 Å². The van der Waals surface area contributed by atoms with E-state index in [9.17, 15) is 14.7 Å². The van der Waals surface area contributed by atoms with Crippen LogP contribution in [0.4, 0.5) is 4.79 Å². The summed E-state index contributed by atoms with van der Waals surface area (Å²) in [6.45, 7) is 6.92. The maximum atomic E-state index is 12.4. The number of aromatic nitrogens is 4. The Bertz CT molecular complexity index is 989. The van der Waals surface area contributed by atoms with Crippen LogP contribution in [0.1, 0.15) is 50.9 Å². The zero-order chi connectivity index (χ0) is 24.1. The number of nitrogens with one attached hydrogen (secondary N) is 1. The monoisotopic (exact) mass is 458 g/mol. The van der Waals surface area contributed by atoms with E-state index in [0.717, 1.165) is 18.5 Å². The van der Waals surface area contributed by atoms with Gasteiger partial charge < -0.3 is 20.1 Å². The zero-order valence-corrected chi connectivity index (χ0v) is 20.0. The number of carboxylic acid groups (broad SMARTS) is 1. The topological polar surface area (TPSA) is 122 Å². The Hall–Kier alpha value is -3.17. The van der Waals surface area contributed by atoms with Gasteiger partial charge in [0.2, 0.25) is 0 Å². The van der Waals surface area contributed by atoms with Crippen LogP contribution < -0.4 is 10.1 Å². The number of carbonyl (C=O) groups is 2. The van der Waals surface area contributed by atoms with Crippen molar-refractivity contribution < 1.29 is 19.4 Å². The molecule has 2 aromatic heterocycles. The van der Waals surface area contributed by atoms with Crippen LogP contribution in [-0.2, 0) is 18.4 Å². The molecule has 0 saturated heterocycles. The average molecular weight is 459 g/mol. The second-order valence-electron chi connectivity index (χ2n) is 9.16. The molecular weight excluding hydrogens is 424 g/mol. The minimum Gasteiger partial charge on any atom is -0.489 e. The van der Waals surface area contributed by atoms with Gasteiger partial charge in [-0.05, 0) is 50.7 Å². The standard InChI is InChI=1S/C23H34N6O4/c1-14(2)13-28(4)23(32)24-12-19-21(26-27-29(19)5)18-9-10-20(15(3)25-18)33-17-8-6-7-16(11-17)22(30)31/h9-10,14,16-17H,6-8,11-13H2,1-5H3,(H,24,32)(H,30,31)/t16-,17-/m0/s1. The van der Waals surface area contributed by atoms with Gasteiger partial charge >= 0.3 is 12.0 Å². The lowest BCUT2D eigenvalue weighted by Gasteiger charge is -2.27. The molecular formula is C23H34N6O4. The Kier molecular flexibility index (Phi) is 7.88. The van der Waals surface area contributed by atoms with Crippen molar-refractivity contribution in [1.29, 1.82) is 0 Å². The zero-order valence-electron chi connectivity index (χ0n) is 20.0. The highest BCUT2D eigenvalue weighted by molar-refractivity contribution is 5.74. The third-order valence-electron chi connectivity index (χ3n) is 5.88. The number of rotatable bonds is 8. The molecule has 1 aliphatic rings. The smallest absolute Gasteiger partial charge is 0.317 e. The van der Waals surface area contributed by atoms with Crippen LogP contribution in [0.2, 0.25) is 0 Å². The third-order valence-corrected chi connectivity index (χ3v) is 5.88. The number of urea groups is 1. The van der Waals surface area contributed by atoms with Crippen LogP contribution in [0.5, 0.6) is 5.75 Å². The van der Waals surface area contributed by atoms with Crippen LogP contribution in [0.15, 0.2) is 12.1 Å². The number of nitrogens with zero attached hydrogens (tertiary/aromatic N) is 5. The van der Waals surface area contributed by atoms with Crippen molar-refractivity contribution in [3.8, 4) is 17.1 Å². The first-order chi connectivity index (χ1) is 15.7. The predicted molar refractivity (Wildman–Crippen MR) is 123 cm³/mol. The van der Waals surface area contributed by atoms with Crippen molar-refractivity contribution in [3.05, 3.63) is 23.5 Å². The second-order valence-corrected chi connectivity index (χ2v) is 9.16. The Morgan fingerprint density at radius 3 is 2.76 bits per heavy atom. The van der Waals surface area contributed by atoms with Crippen molar-refractivity contribution in [2.75, 3.05) is 13.6 Å². The fraction of sp³-hybridized carbons (Fsp3) is 0.609. The molecule has 3 rings (SSSR count). The van der Waals surface area contributed by atoms with Gasteiger partial charge in [-0.25, -0.2) is 14.5 Å². The molecule has 10 heteroatoms. The van der Waals surface area contributed by atoms with E-state index in [1.165, 1.54) is 0 Å². The van der Waals surface area contributed by atoms with Gasteiger partial charge in [-0.15, -0.1) is 5.10 Å². The molecule has 0 spiro atoms. The molecule has 2 aromatic rings. The molecule has 2 atom stereocenters. The third kappa shape index (κ3) is 6.21. The SMILES string of the molecule is Cc1nc(-c2nnn(C)c2CNC(=O)N(C)CC(C)C)ccc1O[C@H]1CCC[C@H](C(=O)O)C1. The van der Waals surface area contributed by atoms with Crippen molar-refractivity contribution in [1.82, 2.24) is 30.2 Å². The second kappa shape index (κ2) is 10.6. The molecule has 0 unspecified atom stereocenters. The molecule has 0 bridgehead atoms. The Balaban J connectivity index is 1.70. The molecule has 0 radical (unpaired) electrons. The van der Waals surface area contributed by atoms with E-state index in [2.05, 4.69) is 34.5 Å². The maximum absolute atomic E-state index is 12.4. The first-order valence-corrected chi connectivity index (χ1v) is 11.4. The van der Waals surface area contributed by atoms with Gasteiger partial charge in [-0.3, -0.25) is 4.79 Å².